The number of amides is 1. The smallest absolute Gasteiger partial charge is 0.270 e. The first kappa shape index (κ1) is 13.6. The van der Waals surface area contributed by atoms with Gasteiger partial charge in [0.25, 0.3) is 5.91 Å². The molecule has 6 heteroatoms. The summed E-state index contributed by atoms with van der Waals surface area (Å²) in [6.07, 6.45) is 3.05. The highest BCUT2D eigenvalue weighted by Crippen LogP contribution is 1.99. The Morgan fingerprint density at radius 1 is 1.35 bits per heavy atom. The van der Waals surface area contributed by atoms with E-state index in [0.717, 1.165) is 0 Å². The summed E-state index contributed by atoms with van der Waals surface area (Å²) in [6, 6.07) is 6.77. The molecule has 0 unspecified atom stereocenters. The summed E-state index contributed by atoms with van der Waals surface area (Å²) in [5.74, 6) is 4.92. The van der Waals surface area contributed by atoms with Crippen molar-refractivity contribution < 1.29 is 9.90 Å². The number of nitrogens with zero attached hydrogens (tertiary/aromatic N) is 3. The van der Waals surface area contributed by atoms with E-state index in [4.69, 9.17) is 5.11 Å². The first-order chi connectivity index (χ1) is 9.79. The van der Waals surface area contributed by atoms with Crippen molar-refractivity contribution in [2.45, 2.75) is 6.54 Å². The number of hydrogen-bond acceptors (Lipinski definition) is 5. The number of aliphatic hydroxyl groups is 1. The van der Waals surface area contributed by atoms with Crippen LogP contribution in [0.3, 0.4) is 0 Å². The summed E-state index contributed by atoms with van der Waals surface area (Å²) in [7, 11) is 0. The van der Waals surface area contributed by atoms with E-state index < -0.39 is 0 Å². The molecule has 0 saturated heterocycles. The van der Waals surface area contributed by atoms with Gasteiger partial charge in [0.2, 0.25) is 0 Å². The van der Waals surface area contributed by atoms with Crippen LogP contribution in [0.15, 0.2) is 36.7 Å². The van der Waals surface area contributed by atoms with Gasteiger partial charge < -0.3 is 10.4 Å². The Balaban J connectivity index is 1.96. The van der Waals surface area contributed by atoms with Crippen molar-refractivity contribution >= 4 is 5.91 Å². The lowest BCUT2D eigenvalue weighted by Gasteiger charge is -2.03. The number of nitrogens with one attached hydrogen (secondary N) is 1. The van der Waals surface area contributed by atoms with Crippen LogP contribution in [-0.4, -0.2) is 32.8 Å². The molecular weight excluding hydrogens is 256 g/mol. The molecule has 0 fully saturated rings. The number of rotatable bonds is 3. The summed E-state index contributed by atoms with van der Waals surface area (Å²) in [5, 5.41) is 18.9. The number of aromatic nitrogens is 3. The molecule has 2 rings (SSSR count). The van der Waals surface area contributed by atoms with E-state index >= 15 is 0 Å². The van der Waals surface area contributed by atoms with Crippen LogP contribution >= 0.6 is 0 Å². The third-order valence-electron chi connectivity index (χ3n) is 2.37. The van der Waals surface area contributed by atoms with Gasteiger partial charge in [0.15, 0.2) is 0 Å². The quantitative estimate of drug-likeness (QED) is 0.773. The van der Waals surface area contributed by atoms with E-state index in [1.165, 1.54) is 6.20 Å². The fraction of sp³-hybridized carbons (Fsp3) is 0.143. The van der Waals surface area contributed by atoms with Crippen LogP contribution in [0.4, 0.5) is 0 Å². The van der Waals surface area contributed by atoms with Crippen LogP contribution in [0.5, 0.6) is 0 Å². The van der Waals surface area contributed by atoms with Gasteiger partial charge in [0.1, 0.15) is 12.3 Å². The molecule has 2 N–H and O–H groups in total. The molecule has 2 heterocycles. The lowest BCUT2D eigenvalue weighted by Crippen LogP contribution is -2.24. The molecule has 20 heavy (non-hydrogen) atoms. The molecule has 0 saturated carbocycles. The summed E-state index contributed by atoms with van der Waals surface area (Å²) >= 11 is 0. The number of carbonyl (C=O) groups is 1. The Bertz CT molecular complexity index is 630. The molecule has 0 atom stereocenters. The van der Waals surface area contributed by atoms with E-state index in [-0.39, 0.29) is 12.5 Å². The van der Waals surface area contributed by atoms with Gasteiger partial charge in [-0.1, -0.05) is 11.8 Å². The third-order valence-corrected chi connectivity index (χ3v) is 2.37. The summed E-state index contributed by atoms with van der Waals surface area (Å²) in [4.78, 5) is 15.9. The van der Waals surface area contributed by atoms with Gasteiger partial charge in [-0.05, 0) is 24.3 Å². The highest BCUT2D eigenvalue weighted by atomic mass is 16.2. The van der Waals surface area contributed by atoms with Gasteiger partial charge in [-0.2, -0.15) is 10.2 Å². The molecule has 0 aliphatic heterocycles. The minimum atomic E-state index is -0.294. The second-order valence-corrected chi connectivity index (χ2v) is 3.79. The summed E-state index contributed by atoms with van der Waals surface area (Å²) in [5.41, 5.74) is 1.61. The van der Waals surface area contributed by atoms with Gasteiger partial charge in [-0.3, -0.25) is 4.79 Å². The highest BCUT2D eigenvalue weighted by Gasteiger charge is 2.06. The molecule has 100 valence electrons. The van der Waals surface area contributed by atoms with Gasteiger partial charge in [-0.25, -0.2) is 4.98 Å². The zero-order valence-corrected chi connectivity index (χ0v) is 10.6. The van der Waals surface area contributed by atoms with Crippen molar-refractivity contribution in [2.75, 3.05) is 6.61 Å². The lowest BCUT2D eigenvalue weighted by atomic mass is 10.2. The van der Waals surface area contributed by atoms with Crippen molar-refractivity contribution in [3.63, 3.8) is 0 Å². The number of hydrogen-bond donors (Lipinski definition) is 2. The highest BCUT2D eigenvalue weighted by molar-refractivity contribution is 5.92. The van der Waals surface area contributed by atoms with Crippen molar-refractivity contribution in [1.82, 2.24) is 20.5 Å². The first-order valence-corrected chi connectivity index (χ1v) is 5.90. The molecule has 0 aliphatic carbocycles. The zero-order chi connectivity index (χ0) is 14.2. The number of carbonyl (C=O) groups excluding carboxylic acids is 1. The fourth-order valence-electron chi connectivity index (χ4n) is 1.43. The minimum Gasteiger partial charge on any atom is -0.384 e. The molecule has 6 nitrogen and oxygen atoms in total. The van der Waals surface area contributed by atoms with E-state index in [9.17, 15) is 4.79 Å². The van der Waals surface area contributed by atoms with Crippen LogP contribution in [0.2, 0.25) is 0 Å². The fourth-order valence-corrected chi connectivity index (χ4v) is 1.43. The van der Waals surface area contributed by atoms with Crippen LogP contribution in [0.1, 0.15) is 21.7 Å². The van der Waals surface area contributed by atoms with Crippen molar-refractivity contribution in [2.24, 2.45) is 0 Å². The molecule has 0 bridgehead atoms. The molecule has 1 amide bonds. The van der Waals surface area contributed by atoms with Gasteiger partial charge in [0.05, 0.1) is 12.2 Å². The predicted molar refractivity (Wildman–Crippen MR) is 71.4 cm³/mol. The molecule has 0 aliphatic rings. The Morgan fingerprint density at radius 3 is 2.90 bits per heavy atom. The van der Waals surface area contributed by atoms with E-state index in [1.54, 1.807) is 30.5 Å². The van der Waals surface area contributed by atoms with E-state index in [2.05, 4.69) is 32.3 Å². The Kier molecular flexibility index (Phi) is 4.76. The van der Waals surface area contributed by atoms with E-state index in [1.807, 2.05) is 0 Å². The molecule has 2 aromatic heterocycles. The normalized spacial score (nSPS) is 9.45. The van der Waals surface area contributed by atoms with Crippen molar-refractivity contribution in [3.8, 4) is 11.8 Å². The summed E-state index contributed by atoms with van der Waals surface area (Å²) < 4.78 is 0. The predicted octanol–water partition coefficient (Wildman–Crippen LogP) is 0.145. The standard InChI is InChI=1S/C14H12N4O2/c19-8-2-3-11-5-6-13(15-9-11)14(20)16-10-12-4-1-7-17-18-12/h1,4-7,9,19H,8,10H2,(H,16,20). The summed E-state index contributed by atoms with van der Waals surface area (Å²) in [6.45, 7) is 0.0841. The molecule has 2 aromatic rings. The van der Waals surface area contributed by atoms with Crippen LogP contribution in [0, 0.1) is 11.8 Å². The SMILES string of the molecule is O=C(NCc1cccnn1)c1ccc(C#CCO)cn1. The first-order valence-electron chi connectivity index (χ1n) is 5.90. The van der Waals surface area contributed by atoms with Gasteiger partial charge >= 0.3 is 0 Å². The second kappa shape index (κ2) is 6.97. The van der Waals surface area contributed by atoms with Crippen LogP contribution in [-0.2, 0) is 6.54 Å². The second-order valence-electron chi connectivity index (χ2n) is 3.79. The minimum absolute atomic E-state index is 0.208. The monoisotopic (exact) mass is 268 g/mol. The molecule has 0 aromatic carbocycles. The molecule has 0 radical (unpaired) electrons. The van der Waals surface area contributed by atoms with E-state index in [0.29, 0.717) is 23.5 Å². The van der Waals surface area contributed by atoms with Gasteiger partial charge in [0, 0.05) is 18.0 Å². The Labute approximate surface area is 115 Å². The topological polar surface area (TPSA) is 88.0 Å². The Hall–Kier alpha value is -2.78. The zero-order valence-electron chi connectivity index (χ0n) is 10.6. The van der Waals surface area contributed by atoms with Crippen LogP contribution < -0.4 is 5.32 Å². The van der Waals surface area contributed by atoms with Gasteiger partial charge in [-0.15, -0.1) is 0 Å². The average Bonchev–Trinajstić information content (AvgIpc) is 2.52. The maximum absolute atomic E-state index is 11.8. The van der Waals surface area contributed by atoms with Crippen molar-refractivity contribution in [3.05, 3.63) is 53.6 Å². The van der Waals surface area contributed by atoms with Crippen molar-refractivity contribution in [1.29, 1.82) is 0 Å². The average molecular weight is 268 g/mol. The maximum Gasteiger partial charge on any atom is 0.270 e. The largest absolute Gasteiger partial charge is 0.384 e. The number of pyridine rings is 1. The number of aliphatic hydroxyl groups excluding tert-OH is 1. The Morgan fingerprint density at radius 2 is 2.25 bits per heavy atom. The lowest BCUT2D eigenvalue weighted by molar-refractivity contribution is 0.0945. The van der Waals surface area contributed by atoms with Crippen LogP contribution in [0.25, 0.3) is 0 Å². The molecule has 0 spiro atoms. The molecular formula is C14H12N4O2. The maximum atomic E-state index is 11.8. The third kappa shape index (κ3) is 3.86.